The molecule has 170 valence electrons. The van der Waals surface area contributed by atoms with E-state index >= 15 is 0 Å². The second kappa shape index (κ2) is 9.78. The third-order valence-corrected chi connectivity index (χ3v) is 7.60. The summed E-state index contributed by atoms with van der Waals surface area (Å²) in [5, 5.41) is 1.09. The Hall–Kier alpha value is -2.87. The van der Waals surface area contributed by atoms with Crippen molar-refractivity contribution in [3.8, 4) is 5.75 Å². The zero-order valence-electron chi connectivity index (χ0n) is 18.4. The Morgan fingerprint density at radius 1 is 1.00 bits per heavy atom. The number of methoxy groups -OCH3 is 1. The average molecular weight is 550 g/mol. The number of ether oxygens (including phenoxy) is 1. The van der Waals surface area contributed by atoms with E-state index in [1.165, 1.54) is 17.3 Å². The van der Waals surface area contributed by atoms with E-state index in [-0.39, 0.29) is 5.91 Å². The molecule has 0 bridgehead atoms. The fourth-order valence-electron chi connectivity index (χ4n) is 4.01. The third-order valence-electron chi connectivity index (χ3n) is 5.73. The Kier molecular flexibility index (Phi) is 6.59. The first-order valence-electron chi connectivity index (χ1n) is 10.7. The summed E-state index contributed by atoms with van der Waals surface area (Å²) >= 11 is 10.5. The van der Waals surface area contributed by atoms with E-state index < -0.39 is 0 Å². The van der Waals surface area contributed by atoms with E-state index in [0.717, 1.165) is 38.8 Å². The van der Waals surface area contributed by atoms with Crippen molar-refractivity contribution in [3.63, 3.8) is 0 Å². The first-order chi connectivity index (χ1) is 16.5. The molecule has 0 radical (unpaired) electrons. The molecule has 3 aromatic carbocycles. The van der Waals surface area contributed by atoms with E-state index in [2.05, 4.69) is 51.0 Å². The van der Waals surface area contributed by atoms with Gasteiger partial charge in [0.25, 0.3) is 5.91 Å². The fourth-order valence-corrected chi connectivity index (χ4v) is 5.62. The van der Waals surface area contributed by atoms with Crippen LogP contribution in [0, 0.1) is 0 Å². The van der Waals surface area contributed by atoms with Crippen LogP contribution in [0.5, 0.6) is 5.75 Å². The maximum absolute atomic E-state index is 13.3. The standard InChI is InChI=1S/C27H21BrN2O2S2/c1-32-22-10-7-19(8-11-22)16-30-26(31)25(34-27(30)33)13-20-17-29(15-18-5-3-2-4-6-18)24-12-9-21(28)14-23(20)24/h2-14,17H,15-16H2,1H3/b25-13-. The molecule has 1 aromatic heterocycles. The lowest BCUT2D eigenvalue weighted by Gasteiger charge is -2.14. The van der Waals surface area contributed by atoms with Crippen LogP contribution in [0.1, 0.15) is 16.7 Å². The van der Waals surface area contributed by atoms with E-state index in [4.69, 9.17) is 17.0 Å². The normalized spacial score (nSPS) is 15.0. The van der Waals surface area contributed by atoms with Crippen molar-refractivity contribution < 1.29 is 9.53 Å². The van der Waals surface area contributed by atoms with Crippen LogP contribution < -0.4 is 4.74 Å². The SMILES string of the molecule is COc1ccc(CN2C(=O)/C(=C/c3cn(Cc4ccccc4)c4ccc(Br)cc34)SC2=S)cc1. The molecule has 5 rings (SSSR count). The molecule has 0 unspecified atom stereocenters. The molecule has 1 fully saturated rings. The third kappa shape index (κ3) is 4.69. The van der Waals surface area contributed by atoms with Crippen molar-refractivity contribution in [1.82, 2.24) is 9.47 Å². The van der Waals surface area contributed by atoms with Gasteiger partial charge in [-0.05, 0) is 47.5 Å². The molecular weight excluding hydrogens is 528 g/mol. The van der Waals surface area contributed by atoms with Crippen molar-refractivity contribution in [3.05, 3.63) is 105 Å². The Morgan fingerprint density at radius 3 is 2.47 bits per heavy atom. The molecule has 7 heteroatoms. The van der Waals surface area contributed by atoms with Crippen molar-refractivity contribution in [1.29, 1.82) is 0 Å². The van der Waals surface area contributed by atoms with Gasteiger partial charge >= 0.3 is 0 Å². The highest BCUT2D eigenvalue weighted by atomic mass is 79.9. The maximum Gasteiger partial charge on any atom is 0.266 e. The molecule has 1 saturated heterocycles. The summed E-state index contributed by atoms with van der Waals surface area (Å²) in [4.78, 5) is 15.6. The molecule has 1 amide bonds. The number of carbonyl (C=O) groups is 1. The van der Waals surface area contributed by atoms with Gasteiger partial charge < -0.3 is 9.30 Å². The highest BCUT2D eigenvalue weighted by Gasteiger charge is 2.32. The number of fused-ring (bicyclic) bond motifs is 1. The summed E-state index contributed by atoms with van der Waals surface area (Å²) in [6, 6.07) is 24.3. The van der Waals surface area contributed by atoms with Crippen LogP contribution in [0.25, 0.3) is 17.0 Å². The van der Waals surface area contributed by atoms with Gasteiger partial charge in [-0.2, -0.15) is 0 Å². The quantitative estimate of drug-likeness (QED) is 0.194. The van der Waals surface area contributed by atoms with Crippen LogP contribution in [0.2, 0.25) is 0 Å². The van der Waals surface area contributed by atoms with Crippen LogP contribution in [0.4, 0.5) is 0 Å². The summed E-state index contributed by atoms with van der Waals surface area (Å²) in [7, 11) is 1.64. The Balaban J connectivity index is 1.46. The number of aromatic nitrogens is 1. The van der Waals surface area contributed by atoms with Crippen LogP contribution >= 0.6 is 39.9 Å². The van der Waals surface area contributed by atoms with E-state index in [9.17, 15) is 4.79 Å². The van der Waals surface area contributed by atoms with Crippen LogP contribution in [0.15, 0.2) is 88.4 Å². The van der Waals surface area contributed by atoms with E-state index in [0.29, 0.717) is 15.8 Å². The maximum atomic E-state index is 13.3. The number of benzene rings is 3. The van der Waals surface area contributed by atoms with E-state index in [1.54, 1.807) is 12.0 Å². The molecule has 4 nitrogen and oxygen atoms in total. The molecule has 1 aliphatic rings. The van der Waals surface area contributed by atoms with Gasteiger partial charge in [-0.1, -0.05) is 82.4 Å². The number of thioether (sulfide) groups is 1. The summed E-state index contributed by atoms with van der Waals surface area (Å²) in [6.07, 6.45) is 4.07. The van der Waals surface area contributed by atoms with Crippen LogP contribution in [-0.2, 0) is 17.9 Å². The van der Waals surface area contributed by atoms with Gasteiger partial charge in [0.15, 0.2) is 0 Å². The minimum absolute atomic E-state index is 0.0650. The van der Waals surface area contributed by atoms with Gasteiger partial charge in [-0.15, -0.1) is 0 Å². The van der Waals surface area contributed by atoms with Gasteiger partial charge in [-0.25, -0.2) is 0 Å². The minimum Gasteiger partial charge on any atom is -0.497 e. The molecular formula is C27H21BrN2O2S2. The zero-order chi connectivity index (χ0) is 23.7. The highest BCUT2D eigenvalue weighted by molar-refractivity contribution is 9.10. The van der Waals surface area contributed by atoms with Crippen LogP contribution in [0.3, 0.4) is 0 Å². The van der Waals surface area contributed by atoms with Crippen LogP contribution in [-0.4, -0.2) is 26.8 Å². The molecule has 0 saturated carbocycles. The van der Waals surface area contributed by atoms with Gasteiger partial charge in [0.1, 0.15) is 10.1 Å². The molecule has 0 aliphatic carbocycles. The number of halogens is 1. The monoisotopic (exact) mass is 548 g/mol. The zero-order valence-corrected chi connectivity index (χ0v) is 21.6. The number of carbonyl (C=O) groups excluding carboxylic acids is 1. The Labute approximate surface area is 216 Å². The van der Waals surface area contributed by atoms with Crippen molar-refractivity contribution >= 4 is 67.1 Å². The first-order valence-corrected chi connectivity index (χ1v) is 12.7. The average Bonchev–Trinajstić information content (AvgIpc) is 3.31. The van der Waals surface area contributed by atoms with Crippen molar-refractivity contribution in [2.45, 2.75) is 13.1 Å². The Morgan fingerprint density at radius 2 is 1.74 bits per heavy atom. The molecule has 1 aliphatic heterocycles. The van der Waals surface area contributed by atoms with Gasteiger partial charge in [0.2, 0.25) is 0 Å². The largest absolute Gasteiger partial charge is 0.497 e. The lowest BCUT2D eigenvalue weighted by atomic mass is 10.1. The Bertz CT molecular complexity index is 1410. The summed E-state index contributed by atoms with van der Waals surface area (Å²) < 4.78 is 9.02. The molecule has 34 heavy (non-hydrogen) atoms. The number of nitrogens with zero attached hydrogens (tertiary/aromatic N) is 2. The van der Waals surface area contributed by atoms with Gasteiger partial charge in [0, 0.05) is 33.7 Å². The van der Waals surface area contributed by atoms with Gasteiger partial charge in [-0.3, -0.25) is 9.69 Å². The van der Waals surface area contributed by atoms with Gasteiger partial charge in [0.05, 0.1) is 18.6 Å². The summed E-state index contributed by atoms with van der Waals surface area (Å²) in [6.45, 7) is 1.19. The molecule has 0 N–H and O–H groups in total. The smallest absolute Gasteiger partial charge is 0.266 e. The van der Waals surface area contributed by atoms with Crippen molar-refractivity contribution in [2.24, 2.45) is 0 Å². The lowest BCUT2D eigenvalue weighted by molar-refractivity contribution is -0.122. The van der Waals surface area contributed by atoms with Crippen molar-refractivity contribution in [2.75, 3.05) is 7.11 Å². The molecule has 4 aromatic rings. The van der Waals surface area contributed by atoms with E-state index in [1.807, 2.05) is 54.6 Å². The first kappa shape index (κ1) is 22.9. The minimum atomic E-state index is -0.0650. The molecule has 2 heterocycles. The highest BCUT2D eigenvalue weighted by Crippen LogP contribution is 2.36. The fraction of sp³-hybridized carbons (Fsp3) is 0.111. The second-order valence-electron chi connectivity index (χ2n) is 7.98. The number of rotatable bonds is 6. The number of hydrogen-bond donors (Lipinski definition) is 0. The number of amides is 1. The second-order valence-corrected chi connectivity index (χ2v) is 10.6. The summed E-state index contributed by atoms with van der Waals surface area (Å²) in [5.74, 6) is 0.719. The predicted octanol–water partition coefficient (Wildman–Crippen LogP) is 6.86. The number of hydrogen-bond acceptors (Lipinski definition) is 4. The predicted molar refractivity (Wildman–Crippen MR) is 147 cm³/mol. The molecule has 0 spiro atoms. The lowest BCUT2D eigenvalue weighted by Crippen LogP contribution is -2.27. The molecule has 0 atom stereocenters. The summed E-state index contributed by atoms with van der Waals surface area (Å²) in [5.41, 5.74) is 4.34. The number of thiocarbonyl (C=S) groups is 1. The topological polar surface area (TPSA) is 34.5 Å².